The number of rotatable bonds is 4. The van der Waals surface area contributed by atoms with Crippen molar-refractivity contribution in [2.24, 2.45) is 0 Å². The van der Waals surface area contributed by atoms with Crippen LogP contribution in [0.2, 0.25) is 10.0 Å². The van der Waals surface area contributed by atoms with E-state index in [0.29, 0.717) is 41.8 Å². The first kappa shape index (κ1) is 20.7. The number of hydrogen-bond acceptors (Lipinski definition) is 4. The highest BCUT2D eigenvalue weighted by Gasteiger charge is 2.41. The molecule has 3 amide bonds. The van der Waals surface area contributed by atoms with Crippen LogP contribution in [-0.4, -0.2) is 53.7 Å². The summed E-state index contributed by atoms with van der Waals surface area (Å²) in [5.74, 6) is -0.822. The molecule has 0 saturated carbocycles. The van der Waals surface area contributed by atoms with Gasteiger partial charge in [0.15, 0.2) is 0 Å². The molecule has 8 heteroatoms. The van der Waals surface area contributed by atoms with Crippen LogP contribution in [0.1, 0.15) is 24.4 Å². The zero-order chi connectivity index (χ0) is 21.3. The lowest BCUT2D eigenvalue weighted by molar-refractivity contribution is -0.151. The lowest BCUT2D eigenvalue weighted by Crippen LogP contribution is -2.53. The molecular weight excluding hydrogens is 425 g/mol. The van der Waals surface area contributed by atoms with Crippen molar-refractivity contribution in [1.82, 2.24) is 9.80 Å². The molecule has 2 fully saturated rings. The first-order valence-electron chi connectivity index (χ1n) is 9.84. The van der Waals surface area contributed by atoms with Gasteiger partial charge in [-0.2, -0.15) is 0 Å². The molecule has 0 N–H and O–H groups in total. The Hall–Kier alpha value is -2.57. The molecule has 0 bridgehead atoms. The zero-order valence-electron chi connectivity index (χ0n) is 16.3. The smallest absolute Gasteiger partial charge is 0.250 e. The number of benzene rings is 2. The van der Waals surface area contributed by atoms with Crippen LogP contribution in [0.5, 0.6) is 0 Å². The molecule has 0 spiro atoms. The monoisotopic (exact) mass is 445 g/mol. The van der Waals surface area contributed by atoms with Crippen molar-refractivity contribution in [1.29, 1.82) is 0 Å². The maximum absolute atomic E-state index is 13.4. The van der Waals surface area contributed by atoms with E-state index in [-0.39, 0.29) is 30.6 Å². The van der Waals surface area contributed by atoms with Gasteiger partial charge in [0, 0.05) is 54.8 Å². The molecule has 2 aliphatic heterocycles. The fourth-order valence-corrected chi connectivity index (χ4v) is 4.51. The number of piperazine rings is 1. The Labute approximate surface area is 184 Å². The molecule has 0 aromatic heterocycles. The summed E-state index contributed by atoms with van der Waals surface area (Å²) in [7, 11) is 0. The Morgan fingerprint density at radius 2 is 1.40 bits per heavy atom. The Morgan fingerprint density at radius 1 is 0.833 bits per heavy atom. The quantitative estimate of drug-likeness (QED) is 0.675. The van der Waals surface area contributed by atoms with E-state index in [1.807, 2.05) is 30.3 Å². The molecule has 6 nitrogen and oxygen atoms in total. The molecule has 2 heterocycles. The third-order valence-electron chi connectivity index (χ3n) is 5.50. The van der Waals surface area contributed by atoms with Crippen molar-refractivity contribution in [3.8, 4) is 0 Å². The van der Waals surface area contributed by atoms with Crippen molar-refractivity contribution in [3.63, 3.8) is 0 Å². The van der Waals surface area contributed by atoms with Crippen LogP contribution in [-0.2, 0) is 14.4 Å². The number of halogens is 2. The number of hydrogen-bond donors (Lipinski definition) is 0. The van der Waals surface area contributed by atoms with Crippen molar-refractivity contribution >= 4 is 46.6 Å². The highest BCUT2D eigenvalue weighted by atomic mass is 35.5. The maximum atomic E-state index is 13.4. The first-order valence-corrected chi connectivity index (χ1v) is 10.6. The van der Waals surface area contributed by atoms with Gasteiger partial charge in [0.25, 0.3) is 5.91 Å². The number of nitrogens with zero attached hydrogens (tertiary/aromatic N) is 3. The normalized spacial score (nSPS) is 18.1. The van der Waals surface area contributed by atoms with E-state index >= 15 is 0 Å². The summed E-state index contributed by atoms with van der Waals surface area (Å²) in [5.41, 5.74) is 1.55. The fraction of sp³-hybridized carbons (Fsp3) is 0.318. The van der Waals surface area contributed by atoms with Crippen molar-refractivity contribution in [2.45, 2.75) is 18.9 Å². The minimum absolute atomic E-state index is 0.152. The Balaban J connectivity index is 1.53. The average Bonchev–Trinajstić information content (AvgIpc) is 3.07. The van der Waals surface area contributed by atoms with Gasteiger partial charge in [0.1, 0.15) is 6.04 Å². The number of imide groups is 1. The first-order chi connectivity index (χ1) is 14.4. The number of anilines is 1. The third-order valence-corrected chi connectivity index (χ3v) is 5.94. The van der Waals surface area contributed by atoms with Crippen LogP contribution in [0.3, 0.4) is 0 Å². The maximum Gasteiger partial charge on any atom is 0.250 e. The number of carbonyl (C=O) groups is 3. The lowest BCUT2D eigenvalue weighted by atomic mass is 10.0. The molecule has 2 saturated heterocycles. The summed E-state index contributed by atoms with van der Waals surface area (Å²) in [4.78, 5) is 43.2. The molecule has 2 aromatic rings. The van der Waals surface area contributed by atoms with E-state index < -0.39 is 6.04 Å². The van der Waals surface area contributed by atoms with E-state index in [9.17, 15) is 14.4 Å². The largest absolute Gasteiger partial charge is 0.368 e. The van der Waals surface area contributed by atoms with Gasteiger partial charge in [-0.1, -0.05) is 53.5 Å². The van der Waals surface area contributed by atoms with Gasteiger partial charge in [-0.05, 0) is 23.8 Å². The highest BCUT2D eigenvalue weighted by Crippen LogP contribution is 2.30. The van der Waals surface area contributed by atoms with Crippen molar-refractivity contribution in [3.05, 3.63) is 64.1 Å². The van der Waals surface area contributed by atoms with E-state index in [2.05, 4.69) is 4.90 Å². The lowest BCUT2D eigenvalue weighted by Gasteiger charge is -2.39. The van der Waals surface area contributed by atoms with Crippen LogP contribution in [0.25, 0.3) is 0 Å². The molecule has 2 aliphatic rings. The van der Waals surface area contributed by atoms with Crippen LogP contribution in [0.15, 0.2) is 48.5 Å². The van der Waals surface area contributed by atoms with Crippen LogP contribution < -0.4 is 4.90 Å². The van der Waals surface area contributed by atoms with Gasteiger partial charge in [0.2, 0.25) is 11.8 Å². The van der Waals surface area contributed by atoms with Gasteiger partial charge in [0.05, 0.1) is 0 Å². The standard InChI is InChI=1S/C22H21Cl2N3O3/c23-16-12-17(24)14-18(13-16)25-8-10-26(11-9-25)22(30)21(15-4-2-1-3-5-15)27-19(28)6-7-20(27)29/h1-5,12-14,21H,6-11H2/t21-/m1/s1. The molecule has 0 radical (unpaired) electrons. The second-order valence-electron chi connectivity index (χ2n) is 7.41. The van der Waals surface area contributed by atoms with Crippen LogP contribution >= 0.6 is 23.2 Å². The Bertz CT molecular complexity index is 939. The molecular formula is C22H21Cl2N3O3. The van der Waals surface area contributed by atoms with Gasteiger partial charge in [-0.3, -0.25) is 19.3 Å². The van der Waals surface area contributed by atoms with Gasteiger partial charge in [-0.25, -0.2) is 0 Å². The summed E-state index contributed by atoms with van der Waals surface area (Å²) in [6.07, 6.45) is 0.303. The van der Waals surface area contributed by atoms with Crippen molar-refractivity contribution in [2.75, 3.05) is 31.1 Å². The molecule has 1 atom stereocenters. The number of carbonyl (C=O) groups excluding carboxylic acids is 3. The fourth-order valence-electron chi connectivity index (χ4n) is 4.00. The van der Waals surface area contributed by atoms with Crippen LogP contribution in [0.4, 0.5) is 5.69 Å². The van der Waals surface area contributed by atoms with Crippen molar-refractivity contribution < 1.29 is 14.4 Å². The van der Waals surface area contributed by atoms with E-state index in [1.54, 1.807) is 23.1 Å². The number of likely N-dealkylation sites (tertiary alicyclic amines) is 1. The summed E-state index contributed by atoms with van der Waals surface area (Å²) in [6, 6.07) is 13.5. The molecule has 0 unspecified atom stereocenters. The Morgan fingerprint density at radius 3 is 1.97 bits per heavy atom. The summed E-state index contributed by atoms with van der Waals surface area (Å²) in [6.45, 7) is 2.16. The summed E-state index contributed by atoms with van der Waals surface area (Å²) >= 11 is 12.2. The van der Waals surface area contributed by atoms with E-state index in [1.165, 1.54) is 0 Å². The Kier molecular flexibility index (Phi) is 5.97. The minimum Gasteiger partial charge on any atom is -0.368 e. The number of amides is 3. The third kappa shape index (κ3) is 4.16. The molecule has 0 aliphatic carbocycles. The van der Waals surface area contributed by atoms with Crippen LogP contribution in [0, 0.1) is 0 Å². The molecule has 30 heavy (non-hydrogen) atoms. The molecule has 2 aromatic carbocycles. The van der Waals surface area contributed by atoms with Gasteiger partial charge >= 0.3 is 0 Å². The predicted octanol–water partition coefficient (Wildman–Crippen LogP) is 3.53. The molecule has 156 valence electrons. The highest BCUT2D eigenvalue weighted by molar-refractivity contribution is 6.35. The topological polar surface area (TPSA) is 60.9 Å². The summed E-state index contributed by atoms with van der Waals surface area (Å²) < 4.78 is 0. The molecule has 4 rings (SSSR count). The second-order valence-corrected chi connectivity index (χ2v) is 8.28. The van der Waals surface area contributed by atoms with E-state index in [4.69, 9.17) is 23.2 Å². The average molecular weight is 446 g/mol. The SMILES string of the molecule is O=C([C@@H](c1ccccc1)N1C(=O)CCC1=O)N1CCN(c2cc(Cl)cc(Cl)c2)CC1. The summed E-state index contributed by atoms with van der Waals surface area (Å²) in [5, 5.41) is 1.12. The second kappa shape index (κ2) is 8.66. The predicted molar refractivity (Wildman–Crippen MR) is 116 cm³/mol. The van der Waals surface area contributed by atoms with Gasteiger partial charge < -0.3 is 9.80 Å². The van der Waals surface area contributed by atoms with Gasteiger partial charge in [-0.15, -0.1) is 0 Å². The van der Waals surface area contributed by atoms with E-state index in [0.717, 1.165) is 10.6 Å². The zero-order valence-corrected chi connectivity index (χ0v) is 17.8. The minimum atomic E-state index is -0.916.